The predicted molar refractivity (Wildman–Crippen MR) is 113 cm³/mol. The molecule has 0 aliphatic carbocycles. The number of aryl methyl sites for hydroxylation is 1. The highest BCUT2D eigenvalue weighted by Gasteiger charge is 2.26. The van der Waals surface area contributed by atoms with E-state index >= 15 is 0 Å². The number of hydrogen-bond acceptors (Lipinski definition) is 6. The van der Waals surface area contributed by atoms with E-state index in [1.165, 1.54) is 0 Å². The largest absolute Gasteiger partial charge is 0.378 e. The molecule has 2 amide bonds. The normalized spacial score (nSPS) is 18.0. The Balaban J connectivity index is 1.10. The first-order valence-corrected chi connectivity index (χ1v) is 11.0. The maximum atomic E-state index is 12.5. The Hall–Kier alpha value is -2.52. The summed E-state index contributed by atoms with van der Waals surface area (Å²) < 4.78 is 5.33. The van der Waals surface area contributed by atoms with Crippen molar-refractivity contribution in [2.75, 3.05) is 59.0 Å². The maximum absolute atomic E-state index is 12.5. The number of carbonyl (C=O) groups excluding carboxylic acids is 1. The lowest BCUT2D eigenvalue weighted by molar-refractivity contribution is 0.0376. The Kier molecular flexibility index (Phi) is 7.25. The van der Waals surface area contributed by atoms with Crippen LogP contribution in [0.4, 0.5) is 4.79 Å². The fourth-order valence-electron chi connectivity index (χ4n) is 3.92. The third kappa shape index (κ3) is 5.54. The topological polar surface area (TPSA) is 79.6 Å². The first-order chi connectivity index (χ1) is 14.8. The number of hydrogen-bond donors (Lipinski definition) is 0. The Morgan fingerprint density at radius 2 is 1.57 bits per heavy atom. The second-order valence-electron chi connectivity index (χ2n) is 7.85. The number of carbonyl (C=O) groups is 1. The van der Waals surface area contributed by atoms with E-state index in [0.29, 0.717) is 32.1 Å². The number of benzene rings is 1. The van der Waals surface area contributed by atoms with Gasteiger partial charge in [-0.25, -0.2) is 4.79 Å². The summed E-state index contributed by atoms with van der Waals surface area (Å²) in [6.45, 7) is 8.18. The lowest BCUT2D eigenvalue weighted by atomic mass is 10.2. The summed E-state index contributed by atoms with van der Waals surface area (Å²) in [5, 5.41) is 12.8. The molecule has 9 heteroatoms. The van der Waals surface area contributed by atoms with Crippen LogP contribution in [0.3, 0.4) is 0 Å². The Morgan fingerprint density at radius 3 is 2.33 bits per heavy atom. The quantitative estimate of drug-likeness (QED) is 0.641. The second kappa shape index (κ2) is 10.5. The molecule has 0 atom stereocenters. The lowest BCUT2D eigenvalue weighted by Crippen LogP contribution is -2.54. The van der Waals surface area contributed by atoms with Crippen LogP contribution in [0, 0.1) is 0 Å². The number of piperazine rings is 1. The van der Waals surface area contributed by atoms with Crippen LogP contribution in [0.2, 0.25) is 0 Å². The van der Waals surface area contributed by atoms with E-state index in [1.807, 2.05) is 40.1 Å². The smallest absolute Gasteiger partial charge is 0.320 e. The van der Waals surface area contributed by atoms with E-state index in [9.17, 15) is 4.79 Å². The van der Waals surface area contributed by atoms with Crippen LogP contribution < -0.4 is 0 Å². The highest BCUT2D eigenvalue weighted by atomic mass is 16.5. The van der Waals surface area contributed by atoms with Gasteiger partial charge in [0.25, 0.3) is 0 Å². The van der Waals surface area contributed by atoms with E-state index < -0.39 is 0 Å². The van der Waals surface area contributed by atoms with Crippen molar-refractivity contribution in [2.24, 2.45) is 0 Å². The summed E-state index contributed by atoms with van der Waals surface area (Å²) in [5.74, 6) is 0.681. The van der Waals surface area contributed by atoms with Gasteiger partial charge in [-0.1, -0.05) is 36.8 Å². The molecular weight excluding hydrogens is 382 g/mol. The lowest BCUT2D eigenvalue weighted by Gasteiger charge is -2.38. The minimum atomic E-state index is 0.174. The standard InChI is InChI=1S/C21H31N7O2/c29-21(27-15-17-30-18-16-27)26-13-11-25(12-14-26)9-5-2-6-10-28-23-20(22-24-28)19-7-3-1-4-8-19/h1,3-4,7-8H,2,5-6,9-18H2. The minimum absolute atomic E-state index is 0.174. The van der Waals surface area contributed by atoms with Gasteiger partial charge in [0.15, 0.2) is 0 Å². The van der Waals surface area contributed by atoms with Crippen LogP contribution >= 0.6 is 0 Å². The van der Waals surface area contributed by atoms with Crippen molar-refractivity contribution < 1.29 is 9.53 Å². The fourth-order valence-corrected chi connectivity index (χ4v) is 3.92. The van der Waals surface area contributed by atoms with Crippen LogP contribution in [0.15, 0.2) is 30.3 Å². The first kappa shape index (κ1) is 20.7. The molecule has 2 aliphatic heterocycles. The molecule has 4 rings (SSSR count). The molecule has 0 bridgehead atoms. The van der Waals surface area contributed by atoms with Crippen molar-refractivity contribution in [3.63, 3.8) is 0 Å². The number of amides is 2. The summed E-state index contributed by atoms with van der Waals surface area (Å²) in [7, 11) is 0. The highest BCUT2D eigenvalue weighted by molar-refractivity contribution is 5.74. The zero-order chi connectivity index (χ0) is 20.6. The molecule has 0 radical (unpaired) electrons. The predicted octanol–water partition coefficient (Wildman–Crippen LogP) is 1.58. The molecule has 2 aliphatic rings. The van der Waals surface area contributed by atoms with Gasteiger partial charge in [0.05, 0.1) is 19.8 Å². The van der Waals surface area contributed by atoms with E-state index in [-0.39, 0.29) is 6.03 Å². The van der Waals surface area contributed by atoms with Crippen LogP contribution in [-0.2, 0) is 11.3 Å². The molecule has 162 valence electrons. The molecule has 3 heterocycles. The molecule has 0 N–H and O–H groups in total. The average molecular weight is 414 g/mol. The van der Waals surface area contributed by atoms with Crippen LogP contribution in [0.5, 0.6) is 0 Å². The number of ether oxygens (including phenoxy) is 1. The molecule has 30 heavy (non-hydrogen) atoms. The van der Waals surface area contributed by atoms with E-state index in [1.54, 1.807) is 4.80 Å². The highest BCUT2D eigenvalue weighted by Crippen LogP contribution is 2.12. The van der Waals surface area contributed by atoms with Crippen molar-refractivity contribution in [3.8, 4) is 11.4 Å². The average Bonchev–Trinajstić information content (AvgIpc) is 3.29. The Morgan fingerprint density at radius 1 is 0.867 bits per heavy atom. The summed E-state index contributed by atoms with van der Waals surface area (Å²) in [4.78, 5) is 20.6. The van der Waals surface area contributed by atoms with E-state index in [0.717, 1.165) is 64.1 Å². The molecule has 0 unspecified atom stereocenters. The molecular formula is C21H31N7O2. The van der Waals surface area contributed by atoms with Gasteiger partial charge >= 0.3 is 6.03 Å². The number of urea groups is 1. The fraction of sp³-hybridized carbons (Fsp3) is 0.619. The summed E-state index contributed by atoms with van der Waals surface area (Å²) in [5.41, 5.74) is 0.995. The number of aromatic nitrogens is 4. The summed E-state index contributed by atoms with van der Waals surface area (Å²) in [6, 6.07) is 10.1. The van der Waals surface area contributed by atoms with Crippen molar-refractivity contribution in [1.29, 1.82) is 0 Å². The van der Waals surface area contributed by atoms with Gasteiger partial charge in [-0.2, -0.15) is 4.80 Å². The van der Waals surface area contributed by atoms with E-state index in [2.05, 4.69) is 20.3 Å². The van der Waals surface area contributed by atoms with Gasteiger partial charge in [-0.05, 0) is 24.6 Å². The zero-order valence-corrected chi connectivity index (χ0v) is 17.5. The molecule has 1 aromatic heterocycles. The van der Waals surface area contributed by atoms with Gasteiger partial charge in [-0.15, -0.1) is 10.2 Å². The second-order valence-corrected chi connectivity index (χ2v) is 7.85. The molecule has 2 fully saturated rings. The van der Waals surface area contributed by atoms with Crippen LogP contribution in [0.1, 0.15) is 19.3 Å². The van der Waals surface area contributed by atoms with Crippen LogP contribution in [0.25, 0.3) is 11.4 Å². The molecule has 0 spiro atoms. The Labute approximate surface area is 177 Å². The molecule has 1 aromatic carbocycles. The Bertz CT molecular complexity index is 784. The monoisotopic (exact) mass is 413 g/mol. The third-order valence-electron chi connectivity index (χ3n) is 5.74. The van der Waals surface area contributed by atoms with Gasteiger partial charge in [0, 0.05) is 44.8 Å². The van der Waals surface area contributed by atoms with Gasteiger partial charge < -0.3 is 14.5 Å². The molecule has 2 aromatic rings. The van der Waals surface area contributed by atoms with Crippen LogP contribution in [-0.4, -0.2) is 100.0 Å². The van der Waals surface area contributed by atoms with Crippen molar-refractivity contribution in [2.45, 2.75) is 25.8 Å². The summed E-state index contributed by atoms with van der Waals surface area (Å²) >= 11 is 0. The first-order valence-electron chi connectivity index (χ1n) is 11.0. The van der Waals surface area contributed by atoms with E-state index in [4.69, 9.17) is 4.74 Å². The van der Waals surface area contributed by atoms with Gasteiger partial charge in [-0.3, -0.25) is 4.90 Å². The van der Waals surface area contributed by atoms with Crippen molar-refractivity contribution >= 4 is 6.03 Å². The number of nitrogens with zero attached hydrogens (tertiary/aromatic N) is 7. The number of morpholine rings is 1. The van der Waals surface area contributed by atoms with Crippen molar-refractivity contribution in [3.05, 3.63) is 30.3 Å². The van der Waals surface area contributed by atoms with Crippen molar-refractivity contribution in [1.82, 2.24) is 34.9 Å². The number of rotatable bonds is 7. The maximum Gasteiger partial charge on any atom is 0.320 e. The molecule has 0 saturated carbocycles. The minimum Gasteiger partial charge on any atom is -0.378 e. The molecule has 2 saturated heterocycles. The van der Waals surface area contributed by atoms with Gasteiger partial charge in [0.2, 0.25) is 5.82 Å². The number of unbranched alkanes of at least 4 members (excludes halogenated alkanes) is 2. The number of tetrazole rings is 1. The third-order valence-corrected chi connectivity index (χ3v) is 5.74. The summed E-state index contributed by atoms with van der Waals surface area (Å²) in [6.07, 6.45) is 3.33. The molecule has 9 nitrogen and oxygen atoms in total. The SMILES string of the molecule is O=C(N1CCOCC1)N1CCN(CCCCCn2nnc(-c3ccccc3)n2)CC1. The zero-order valence-electron chi connectivity index (χ0n) is 17.5. The van der Waals surface area contributed by atoms with Gasteiger partial charge in [0.1, 0.15) is 0 Å².